The van der Waals surface area contributed by atoms with E-state index in [4.69, 9.17) is 16.3 Å². The van der Waals surface area contributed by atoms with Crippen LogP contribution in [0.15, 0.2) is 0 Å². The SMILES string of the molecule is O=C1CC2CC3C(CC2O1)C3C(=O)Cl. The van der Waals surface area contributed by atoms with Crippen molar-refractivity contribution in [2.45, 2.75) is 25.4 Å². The van der Waals surface area contributed by atoms with Crippen LogP contribution in [0.2, 0.25) is 0 Å². The number of ether oxygens (including phenoxy) is 1. The molecule has 5 unspecified atom stereocenters. The molecule has 3 rings (SSSR count). The normalized spacial score (nSPS) is 49.2. The van der Waals surface area contributed by atoms with E-state index < -0.39 is 0 Å². The second-order valence-corrected chi connectivity index (χ2v) is 4.99. The topological polar surface area (TPSA) is 43.4 Å². The molecule has 0 aromatic carbocycles. The molecule has 0 N–H and O–H groups in total. The van der Waals surface area contributed by atoms with E-state index in [2.05, 4.69) is 0 Å². The lowest BCUT2D eigenvalue weighted by molar-refractivity contribution is -0.142. The Balaban J connectivity index is 1.73. The number of esters is 1. The minimum absolute atomic E-state index is 0.0565. The Morgan fingerprint density at radius 1 is 1.36 bits per heavy atom. The van der Waals surface area contributed by atoms with E-state index in [0.29, 0.717) is 24.2 Å². The first-order valence-electron chi connectivity index (χ1n) is 5.05. The average molecular weight is 215 g/mol. The summed E-state index contributed by atoms with van der Waals surface area (Å²) in [5.41, 5.74) is 0. The fourth-order valence-electron chi connectivity index (χ4n) is 3.18. The molecular weight excluding hydrogens is 204 g/mol. The first-order valence-corrected chi connectivity index (χ1v) is 5.43. The maximum atomic E-state index is 11.0. The smallest absolute Gasteiger partial charge is 0.306 e. The van der Waals surface area contributed by atoms with Gasteiger partial charge in [-0.25, -0.2) is 0 Å². The predicted octanol–water partition coefficient (Wildman–Crippen LogP) is 1.34. The molecule has 1 saturated heterocycles. The summed E-state index contributed by atoms with van der Waals surface area (Å²) in [5.74, 6) is 1.17. The largest absolute Gasteiger partial charge is 0.462 e. The van der Waals surface area contributed by atoms with Gasteiger partial charge in [0.2, 0.25) is 5.24 Å². The molecule has 0 spiro atoms. The van der Waals surface area contributed by atoms with Crippen molar-refractivity contribution in [2.75, 3.05) is 0 Å². The number of hydrogen-bond donors (Lipinski definition) is 0. The Kier molecular flexibility index (Phi) is 1.69. The van der Waals surface area contributed by atoms with Gasteiger partial charge in [-0.3, -0.25) is 9.59 Å². The first kappa shape index (κ1) is 8.72. The Hall–Kier alpha value is -0.570. The van der Waals surface area contributed by atoms with E-state index in [1.165, 1.54) is 0 Å². The molecule has 0 radical (unpaired) electrons. The highest BCUT2D eigenvalue weighted by Gasteiger charge is 2.60. The molecule has 1 heterocycles. The maximum absolute atomic E-state index is 11.0. The summed E-state index contributed by atoms with van der Waals surface area (Å²) in [6.45, 7) is 0. The van der Waals surface area contributed by atoms with E-state index in [1.54, 1.807) is 0 Å². The van der Waals surface area contributed by atoms with Crippen molar-refractivity contribution < 1.29 is 14.3 Å². The third kappa shape index (κ3) is 1.11. The van der Waals surface area contributed by atoms with Crippen molar-refractivity contribution >= 4 is 22.8 Å². The third-order valence-corrected chi connectivity index (χ3v) is 4.16. The molecule has 2 aliphatic carbocycles. The van der Waals surface area contributed by atoms with Crippen LogP contribution in [0.1, 0.15) is 19.3 Å². The van der Waals surface area contributed by atoms with Crippen molar-refractivity contribution in [3.63, 3.8) is 0 Å². The standard InChI is InChI=1S/C10H11ClO3/c11-10(13)9-5-1-4-2-8(12)14-7(4)3-6(5)9/h4-7,9H,1-3H2. The first-order chi connectivity index (χ1) is 6.66. The van der Waals surface area contributed by atoms with Gasteiger partial charge in [-0.15, -0.1) is 0 Å². The molecule has 76 valence electrons. The lowest BCUT2D eigenvalue weighted by Crippen LogP contribution is -2.21. The molecule has 0 bridgehead atoms. The number of rotatable bonds is 1. The Morgan fingerprint density at radius 2 is 2.07 bits per heavy atom. The fourth-order valence-corrected chi connectivity index (χ4v) is 3.50. The van der Waals surface area contributed by atoms with Gasteiger partial charge in [-0.05, 0) is 36.3 Å². The van der Waals surface area contributed by atoms with Crippen LogP contribution in [0.5, 0.6) is 0 Å². The summed E-state index contributed by atoms with van der Waals surface area (Å²) in [4.78, 5) is 22.0. The van der Waals surface area contributed by atoms with Crippen molar-refractivity contribution in [1.82, 2.24) is 0 Å². The van der Waals surface area contributed by atoms with Gasteiger partial charge in [0.1, 0.15) is 6.10 Å². The van der Waals surface area contributed by atoms with Crippen LogP contribution < -0.4 is 0 Å². The minimum Gasteiger partial charge on any atom is -0.462 e. The van der Waals surface area contributed by atoms with Crippen molar-refractivity contribution in [1.29, 1.82) is 0 Å². The molecule has 3 aliphatic rings. The molecule has 1 aliphatic heterocycles. The molecule has 14 heavy (non-hydrogen) atoms. The summed E-state index contributed by atoms with van der Waals surface area (Å²) >= 11 is 5.49. The predicted molar refractivity (Wildman–Crippen MR) is 48.6 cm³/mol. The van der Waals surface area contributed by atoms with Crippen LogP contribution in [0.4, 0.5) is 0 Å². The van der Waals surface area contributed by atoms with Crippen LogP contribution >= 0.6 is 11.6 Å². The van der Waals surface area contributed by atoms with Gasteiger partial charge in [0.25, 0.3) is 0 Å². The molecule has 0 aromatic rings. The monoisotopic (exact) mass is 214 g/mol. The fraction of sp³-hybridized carbons (Fsp3) is 0.800. The zero-order valence-corrected chi connectivity index (χ0v) is 8.37. The van der Waals surface area contributed by atoms with Crippen LogP contribution in [-0.2, 0) is 14.3 Å². The van der Waals surface area contributed by atoms with Crippen LogP contribution in [-0.4, -0.2) is 17.3 Å². The summed E-state index contributed by atoms with van der Waals surface area (Å²) in [6, 6.07) is 0. The Labute approximate surface area is 86.7 Å². The van der Waals surface area contributed by atoms with Gasteiger partial charge in [0, 0.05) is 11.8 Å². The number of halogens is 1. The quantitative estimate of drug-likeness (QED) is 0.489. The zero-order valence-electron chi connectivity index (χ0n) is 7.61. The molecule has 5 atom stereocenters. The van der Waals surface area contributed by atoms with Crippen LogP contribution in [0.25, 0.3) is 0 Å². The summed E-state index contributed by atoms with van der Waals surface area (Å²) in [7, 11) is 0. The van der Waals surface area contributed by atoms with Gasteiger partial charge in [0.15, 0.2) is 0 Å². The zero-order chi connectivity index (χ0) is 9.87. The van der Waals surface area contributed by atoms with Crippen molar-refractivity contribution in [2.24, 2.45) is 23.7 Å². The van der Waals surface area contributed by atoms with Crippen LogP contribution in [0, 0.1) is 23.7 Å². The van der Waals surface area contributed by atoms with Gasteiger partial charge in [-0.1, -0.05) is 0 Å². The van der Waals surface area contributed by atoms with Gasteiger partial charge < -0.3 is 4.74 Å². The summed E-state index contributed by atoms with van der Waals surface area (Å²) in [5, 5.41) is -0.202. The molecule has 0 amide bonds. The summed E-state index contributed by atoms with van der Waals surface area (Å²) in [6.07, 6.45) is 2.41. The lowest BCUT2D eigenvalue weighted by atomic mass is 9.86. The van der Waals surface area contributed by atoms with Gasteiger partial charge >= 0.3 is 5.97 Å². The second kappa shape index (κ2) is 2.72. The molecule has 0 aromatic heterocycles. The van der Waals surface area contributed by atoms with Crippen molar-refractivity contribution in [3.05, 3.63) is 0 Å². The number of fused-ring (bicyclic) bond motifs is 2. The third-order valence-electron chi connectivity index (χ3n) is 3.91. The van der Waals surface area contributed by atoms with Crippen LogP contribution in [0.3, 0.4) is 0 Å². The number of carbonyl (C=O) groups is 2. The van der Waals surface area contributed by atoms with E-state index in [-0.39, 0.29) is 23.2 Å². The minimum atomic E-state index is -0.202. The Bertz CT molecular complexity index is 292. The maximum Gasteiger partial charge on any atom is 0.306 e. The van der Waals surface area contributed by atoms with Crippen molar-refractivity contribution in [3.8, 4) is 0 Å². The van der Waals surface area contributed by atoms with E-state index in [0.717, 1.165) is 12.8 Å². The van der Waals surface area contributed by atoms with Gasteiger partial charge in [0.05, 0.1) is 6.42 Å². The van der Waals surface area contributed by atoms with E-state index in [9.17, 15) is 9.59 Å². The molecule has 2 saturated carbocycles. The number of carbonyl (C=O) groups excluding carboxylic acids is 2. The molecular formula is C10H11ClO3. The molecule has 4 heteroatoms. The molecule has 3 nitrogen and oxygen atoms in total. The van der Waals surface area contributed by atoms with Gasteiger partial charge in [-0.2, -0.15) is 0 Å². The highest BCUT2D eigenvalue weighted by molar-refractivity contribution is 6.64. The number of hydrogen-bond acceptors (Lipinski definition) is 3. The Morgan fingerprint density at radius 3 is 2.79 bits per heavy atom. The summed E-state index contributed by atoms with van der Waals surface area (Å²) < 4.78 is 5.20. The average Bonchev–Trinajstić information content (AvgIpc) is 2.66. The van der Waals surface area contributed by atoms with E-state index >= 15 is 0 Å². The highest BCUT2D eigenvalue weighted by atomic mass is 35.5. The lowest BCUT2D eigenvalue weighted by Gasteiger charge is -2.21. The van der Waals surface area contributed by atoms with E-state index in [1.807, 2.05) is 0 Å². The second-order valence-electron chi connectivity index (χ2n) is 4.62. The highest BCUT2D eigenvalue weighted by Crippen LogP contribution is 2.59. The molecule has 3 fully saturated rings.